The molecule has 0 saturated carbocycles. The van der Waals surface area contributed by atoms with Crippen LogP contribution < -0.4 is 22.3 Å². The van der Waals surface area contributed by atoms with Gasteiger partial charge in [-0.05, 0) is 5.56 Å². The molecule has 1 heterocycles. The van der Waals surface area contributed by atoms with E-state index in [0.717, 1.165) is 5.56 Å². The normalized spacial score (nSPS) is 10.4. The fourth-order valence-electron chi connectivity index (χ4n) is 1.23. The van der Waals surface area contributed by atoms with Crippen LogP contribution >= 0.6 is 0 Å². The zero-order valence-corrected chi connectivity index (χ0v) is 11.3. The molecule has 0 aliphatic heterocycles. The van der Waals surface area contributed by atoms with E-state index >= 15 is 0 Å². The number of rotatable bonds is 2. The first-order valence-electron chi connectivity index (χ1n) is 5.33. The summed E-state index contributed by atoms with van der Waals surface area (Å²) in [4.78, 5) is 10.5. The van der Waals surface area contributed by atoms with Crippen molar-refractivity contribution in [2.75, 3.05) is 17.2 Å². The van der Waals surface area contributed by atoms with Gasteiger partial charge in [-0.15, -0.1) is 0 Å². The van der Waals surface area contributed by atoms with Crippen LogP contribution in [0.25, 0.3) is 0 Å². The quantitative estimate of drug-likeness (QED) is 0.550. The van der Waals surface area contributed by atoms with Crippen LogP contribution in [0.1, 0.15) is 5.56 Å². The lowest BCUT2D eigenvalue weighted by molar-refractivity contribution is 0.597. The van der Waals surface area contributed by atoms with E-state index in [9.17, 15) is 8.42 Å². The average Bonchev–Trinajstić information content (AvgIpc) is 2.26. The van der Waals surface area contributed by atoms with Crippen molar-refractivity contribution in [3.63, 3.8) is 0 Å². The fraction of sp³-hybridized carbons (Fsp3) is 0.100. The molecule has 0 aliphatic carbocycles. The number of benzene rings is 1. The largest absolute Gasteiger partial charge is 0.368 e. The van der Waals surface area contributed by atoms with Crippen molar-refractivity contribution in [2.45, 2.75) is 5.75 Å². The minimum absolute atomic E-state index is 0.0417. The first-order valence-corrected chi connectivity index (χ1v) is 7.05. The Kier molecular flexibility index (Phi) is 5.17. The predicted molar refractivity (Wildman–Crippen MR) is 76.3 cm³/mol. The molecule has 1 aromatic heterocycles. The first-order chi connectivity index (χ1) is 9.26. The summed E-state index contributed by atoms with van der Waals surface area (Å²) in [6, 6.07) is 8.84. The summed E-state index contributed by atoms with van der Waals surface area (Å²) in [5, 5.41) is 4.84. The van der Waals surface area contributed by atoms with Crippen molar-refractivity contribution in [2.24, 2.45) is 5.14 Å². The average molecular weight is 297 g/mol. The lowest BCUT2D eigenvalue weighted by atomic mass is 10.2. The SMILES string of the molecule is NS(=O)(=O)Cc1ccccc1.Nc1nc(N)nc(N)n1. The lowest BCUT2D eigenvalue weighted by Crippen LogP contribution is -2.14. The van der Waals surface area contributed by atoms with E-state index in [1.54, 1.807) is 24.3 Å². The molecule has 2 rings (SSSR count). The maximum absolute atomic E-state index is 10.6. The van der Waals surface area contributed by atoms with Gasteiger partial charge in [0.25, 0.3) is 0 Å². The van der Waals surface area contributed by atoms with E-state index in [1.807, 2.05) is 6.07 Å². The second-order valence-corrected chi connectivity index (χ2v) is 5.32. The maximum atomic E-state index is 10.6. The number of hydrogen-bond donors (Lipinski definition) is 4. The number of nitrogens with zero attached hydrogens (tertiary/aromatic N) is 3. The highest BCUT2D eigenvalue weighted by atomic mass is 32.2. The number of sulfonamides is 1. The van der Waals surface area contributed by atoms with E-state index in [0.29, 0.717) is 0 Å². The van der Waals surface area contributed by atoms with Crippen molar-refractivity contribution < 1.29 is 8.42 Å². The minimum Gasteiger partial charge on any atom is -0.368 e. The molecule has 0 spiro atoms. The Labute approximate surface area is 116 Å². The fourth-order valence-corrected chi connectivity index (χ4v) is 1.89. The van der Waals surface area contributed by atoms with Crippen LogP contribution in [-0.2, 0) is 15.8 Å². The minimum atomic E-state index is -3.38. The molecular weight excluding hydrogens is 282 g/mol. The second-order valence-electron chi connectivity index (χ2n) is 3.70. The van der Waals surface area contributed by atoms with Crippen LogP contribution in [0.5, 0.6) is 0 Å². The van der Waals surface area contributed by atoms with Gasteiger partial charge in [-0.2, -0.15) is 15.0 Å². The molecule has 0 saturated heterocycles. The molecule has 108 valence electrons. The highest BCUT2D eigenvalue weighted by Crippen LogP contribution is 2.01. The van der Waals surface area contributed by atoms with Gasteiger partial charge in [-0.3, -0.25) is 0 Å². The number of primary sulfonamides is 1. The summed E-state index contributed by atoms with van der Waals surface area (Å²) in [5.74, 6) is 0.0356. The van der Waals surface area contributed by atoms with Gasteiger partial charge in [-0.1, -0.05) is 30.3 Å². The summed E-state index contributed by atoms with van der Waals surface area (Å²) < 4.78 is 21.2. The number of anilines is 3. The predicted octanol–water partition coefficient (Wildman–Crippen LogP) is -0.907. The lowest BCUT2D eigenvalue weighted by Gasteiger charge is -1.96. The third-order valence-corrected chi connectivity index (χ3v) is 2.63. The molecule has 0 amide bonds. The van der Waals surface area contributed by atoms with E-state index < -0.39 is 10.0 Å². The second kappa shape index (κ2) is 6.63. The van der Waals surface area contributed by atoms with Crippen molar-refractivity contribution in [3.05, 3.63) is 35.9 Å². The monoisotopic (exact) mass is 297 g/mol. The molecule has 0 aliphatic rings. The summed E-state index contributed by atoms with van der Waals surface area (Å²) in [6.07, 6.45) is 0. The van der Waals surface area contributed by atoms with Crippen LogP contribution in [0.4, 0.5) is 17.8 Å². The third-order valence-electron chi connectivity index (χ3n) is 1.90. The molecule has 9 nitrogen and oxygen atoms in total. The van der Waals surface area contributed by atoms with Gasteiger partial charge in [0.05, 0.1) is 5.75 Å². The van der Waals surface area contributed by atoms with Crippen LogP contribution in [0.3, 0.4) is 0 Å². The summed E-state index contributed by atoms with van der Waals surface area (Å²) in [5.41, 5.74) is 16.1. The van der Waals surface area contributed by atoms with E-state index in [-0.39, 0.29) is 23.6 Å². The van der Waals surface area contributed by atoms with Gasteiger partial charge < -0.3 is 17.2 Å². The van der Waals surface area contributed by atoms with Gasteiger partial charge in [0.2, 0.25) is 27.9 Å². The molecule has 0 fully saturated rings. The molecule has 10 heteroatoms. The van der Waals surface area contributed by atoms with Crippen LogP contribution in [0.15, 0.2) is 30.3 Å². The standard InChI is InChI=1S/C7H9NO2S.C3H6N6/c8-11(9,10)6-7-4-2-1-3-5-7;4-1-7-2(5)9-3(6)8-1/h1-5H,6H2,(H2,8,9,10);(H6,4,5,6,7,8,9). The number of nitrogen functional groups attached to an aromatic ring is 3. The summed E-state index contributed by atoms with van der Waals surface area (Å²) in [6.45, 7) is 0. The van der Waals surface area contributed by atoms with Gasteiger partial charge in [0.15, 0.2) is 0 Å². The molecule has 0 radical (unpaired) electrons. The van der Waals surface area contributed by atoms with Gasteiger partial charge in [-0.25, -0.2) is 13.6 Å². The molecule has 0 atom stereocenters. The van der Waals surface area contributed by atoms with Crippen molar-refractivity contribution >= 4 is 27.9 Å². The zero-order chi connectivity index (χ0) is 15.2. The van der Waals surface area contributed by atoms with Crippen molar-refractivity contribution in [1.82, 2.24) is 15.0 Å². The Morgan fingerprint density at radius 1 is 0.850 bits per heavy atom. The molecule has 8 N–H and O–H groups in total. The number of hydrogen-bond acceptors (Lipinski definition) is 8. The van der Waals surface area contributed by atoms with Gasteiger partial charge >= 0.3 is 0 Å². The smallest absolute Gasteiger partial charge is 0.226 e. The third kappa shape index (κ3) is 6.47. The number of nitrogens with two attached hydrogens (primary N) is 4. The molecule has 0 unspecified atom stereocenters. The molecule has 20 heavy (non-hydrogen) atoms. The van der Waals surface area contributed by atoms with Crippen LogP contribution in [0.2, 0.25) is 0 Å². The van der Waals surface area contributed by atoms with Crippen LogP contribution in [0, 0.1) is 0 Å². The highest BCUT2D eigenvalue weighted by Gasteiger charge is 2.02. The number of aromatic nitrogens is 3. The molecule has 1 aromatic carbocycles. The van der Waals surface area contributed by atoms with E-state index in [4.69, 9.17) is 22.3 Å². The van der Waals surface area contributed by atoms with E-state index in [2.05, 4.69) is 15.0 Å². The Balaban J connectivity index is 0.000000204. The molecular formula is C10H15N7O2S. The van der Waals surface area contributed by atoms with E-state index in [1.165, 1.54) is 0 Å². The zero-order valence-electron chi connectivity index (χ0n) is 10.5. The summed E-state index contributed by atoms with van der Waals surface area (Å²) in [7, 11) is -3.38. The van der Waals surface area contributed by atoms with Crippen molar-refractivity contribution in [1.29, 1.82) is 0 Å². The Bertz CT molecular complexity index is 610. The van der Waals surface area contributed by atoms with Gasteiger partial charge in [0, 0.05) is 0 Å². The topological polar surface area (TPSA) is 177 Å². The Hall–Kier alpha value is -2.46. The highest BCUT2D eigenvalue weighted by molar-refractivity contribution is 7.88. The Morgan fingerprint density at radius 3 is 1.60 bits per heavy atom. The summed E-state index contributed by atoms with van der Waals surface area (Å²) >= 11 is 0. The Morgan fingerprint density at radius 2 is 1.25 bits per heavy atom. The van der Waals surface area contributed by atoms with Crippen molar-refractivity contribution in [3.8, 4) is 0 Å². The maximum Gasteiger partial charge on any atom is 0.226 e. The van der Waals surface area contributed by atoms with Gasteiger partial charge in [0.1, 0.15) is 0 Å². The van der Waals surface area contributed by atoms with Crippen LogP contribution in [-0.4, -0.2) is 23.4 Å². The molecule has 0 bridgehead atoms. The first kappa shape index (κ1) is 15.6. The molecule has 2 aromatic rings.